The molecule has 0 aliphatic rings. The minimum Gasteiger partial charge on any atom is -0.322 e. The molecule has 0 spiro atoms. The van der Waals surface area contributed by atoms with Crippen molar-refractivity contribution in [3.8, 4) is 0 Å². The lowest BCUT2D eigenvalue weighted by Gasteiger charge is -2.08. The fraction of sp³-hybridized carbons (Fsp3) is 0.0455. The first-order valence-corrected chi connectivity index (χ1v) is 8.89. The van der Waals surface area contributed by atoms with E-state index in [0.717, 1.165) is 0 Å². The number of rotatable bonds is 5. The number of Topliss-reactive ketones (excluding diaryl/α,β-unsaturated/α-hetero) is 1. The number of anilines is 2. The summed E-state index contributed by atoms with van der Waals surface area (Å²) in [5, 5.41) is 6.08. The molecule has 28 heavy (non-hydrogen) atoms. The summed E-state index contributed by atoms with van der Waals surface area (Å²) in [6, 6.07) is 19.8. The predicted molar refractivity (Wildman–Crippen MR) is 110 cm³/mol. The van der Waals surface area contributed by atoms with Crippen LogP contribution in [0.4, 0.5) is 11.4 Å². The molecule has 0 aliphatic carbocycles. The van der Waals surface area contributed by atoms with Crippen LogP contribution in [-0.2, 0) is 0 Å². The molecule has 0 saturated heterocycles. The highest BCUT2D eigenvalue weighted by Crippen LogP contribution is 2.16. The van der Waals surface area contributed by atoms with Crippen molar-refractivity contribution in [2.75, 3.05) is 10.6 Å². The fourth-order valence-electron chi connectivity index (χ4n) is 2.53. The van der Waals surface area contributed by atoms with Gasteiger partial charge >= 0.3 is 0 Å². The third-order valence-corrected chi connectivity index (χ3v) is 4.29. The van der Waals surface area contributed by atoms with Gasteiger partial charge in [0.25, 0.3) is 11.8 Å². The van der Waals surface area contributed by atoms with Crippen LogP contribution in [0.3, 0.4) is 0 Å². The second kappa shape index (κ2) is 8.50. The molecule has 2 N–H and O–H groups in total. The summed E-state index contributed by atoms with van der Waals surface area (Å²) in [6.45, 7) is 1.48. The van der Waals surface area contributed by atoms with Crippen LogP contribution in [-0.4, -0.2) is 17.6 Å². The van der Waals surface area contributed by atoms with Gasteiger partial charge in [-0.1, -0.05) is 17.7 Å². The zero-order valence-electron chi connectivity index (χ0n) is 15.0. The molecule has 0 saturated carbocycles. The molecule has 140 valence electrons. The number of ketones is 1. The SMILES string of the molecule is CC(=O)c1ccc(NC(=O)c2cccc(C(=O)Nc3ccc(Cl)cc3)c2)cc1. The highest BCUT2D eigenvalue weighted by Gasteiger charge is 2.11. The van der Waals surface area contributed by atoms with Gasteiger partial charge in [-0.3, -0.25) is 14.4 Å². The Labute approximate surface area is 167 Å². The molecule has 0 aromatic heterocycles. The van der Waals surface area contributed by atoms with E-state index < -0.39 is 0 Å². The van der Waals surface area contributed by atoms with Crippen molar-refractivity contribution in [3.63, 3.8) is 0 Å². The summed E-state index contributed by atoms with van der Waals surface area (Å²) in [5.41, 5.74) is 2.44. The summed E-state index contributed by atoms with van der Waals surface area (Å²) in [5.74, 6) is -0.725. The Morgan fingerprint density at radius 2 is 1.14 bits per heavy atom. The van der Waals surface area contributed by atoms with E-state index in [2.05, 4.69) is 10.6 Å². The zero-order valence-corrected chi connectivity index (χ0v) is 15.8. The van der Waals surface area contributed by atoms with Crippen LogP contribution >= 0.6 is 11.6 Å². The van der Waals surface area contributed by atoms with Gasteiger partial charge < -0.3 is 10.6 Å². The van der Waals surface area contributed by atoms with E-state index in [-0.39, 0.29) is 17.6 Å². The van der Waals surface area contributed by atoms with E-state index >= 15 is 0 Å². The first kappa shape index (κ1) is 19.3. The molecule has 6 heteroatoms. The number of carbonyl (C=O) groups is 3. The Kier molecular flexibility index (Phi) is 5.87. The van der Waals surface area contributed by atoms with Gasteiger partial charge in [0.2, 0.25) is 0 Å². The molecule has 0 heterocycles. The maximum atomic E-state index is 12.5. The Morgan fingerprint density at radius 1 is 0.679 bits per heavy atom. The van der Waals surface area contributed by atoms with Crippen LogP contribution in [0.25, 0.3) is 0 Å². The largest absolute Gasteiger partial charge is 0.322 e. The average molecular weight is 393 g/mol. The Morgan fingerprint density at radius 3 is 1.61 bits per heavy atom. The molecule has 0 unspecified atom stereocenters. The number of hydrogen-bond donors (Lipinski definition) is 2. The second-order valence-corrected chi connectivity index (χ2v) is 6.57. The Bertz CT molecular complexity index is 1030. The number of halogens is 1. The minimum absolute atomic E-state index is 0.0442. The van der Waals surface area contributed by atoms with E-state index in [0.29, 0.717) is 33.1 Å². The maximum absolute atomic E-state index is 12.5. The van der Waals surface area contributed by atoms with Crippen molar-refractivity contribution in [1.29, 1.82) is 0 Å². The van der Waals surface area contributed by atoms with Gasteiger partial charge in [0.05, 0.1) is 0 Å². The van der Waals surface area contributed by atoms with Gasteiger partial charge in [0, 0.05) is 33.1 Å². The van der Waals surface area contributed by atoms with Crippen LogP contribution in [0.5, 0.6) is 0 Å². The first-order chi connectivity index (χ1) is 13.4. The van der Waals surface area contributed by atoms with Gasteiger partial charge in [0.1, 0.15) is 0 Å². The number of hydrogen-bond acceptors (Lipinski definition) is 3. The second-order valence-electron chi connectivity index (χ2n) is 6.13. The number of nitrogens with one attached hydrogen (secondary N) is 2. The molecule has 0 fully saturated rings. The lowest BCUT2D eigenvalue weighted by Crippen LogP contribution is -2.15. The topological polar surface area (TPSA) is 75.3 Å². The summed E-state index contributed by atoms with van der Waals surface area (Å²) in [4.78, 5) is 36.2. The predicted octanol–water partition coefficient (Wildman–Crippen LogP) is 5.05. The van der Waals surface area contributed by atoms with Crippen molar-refractivity contribution in [3.05, 3.63) is 94.5 Å². The molecule has 2 amide bonds. The van der Waals surface area contributed by atoms with Gasteiger partial charge in [-0.2, -0.15) is 0 Å². The Hall–Kier alpha value is -3.44. The third-order valence-electron chi connectivity index (χ3n) is 4.04. The van der Waals surface area contributed by atoms with E-state index in [9.17, 15) is 14.4 Å². The number of carbonyl (C=O) groups excluding carboxylic acids is 3. The third kappa shape index (κ3) is 4.84. The average Bonchev–Trinajstić information content (AvgIpc) is 2.70. The van der Waals surface area contributed by atoms with Gasteiger partial charge in [-0.25, -0.2) is 0 Å². The molecule has 5 nitrogen and oxygen atoms in total. The molecule has 0 radical (unpaired) electrons. The molecular weight excluding hydrogens is 376 g/mol. The van der Waals surface area contributed by atoms with Crippen LogP contribution in [0.1, 0.15) is 38.0 Å². The van der Waals surface area contributed by atoms with E-state index in [1.54, 1.807) is 66.7 Å². The van der Waals surface area contributed by atoms with Crippen molar-refractivity contribution < 1.29 is 14.4 Å². The lowest BCUT2D eigenvalue weighted by atomic mass is 10.1. The first-order valence-electron chi connectivity index (χ1n) is 8.52. The zero-order chi connectivity index (χ0) is 20.1. The minimum atomic E-state index is -0.350. The lowest BCUT2D eigenvalue weighted by molar-refractivity contribution is 0.101. The summed E-state index contributed by atoms with van der Waals surface area (Å²) in [6.07, 6.45) is 0. The molecule has 3 aromatic carbocycles. The summed E-state index contributed by atoms with van der Waals surface area (Å²) < 4.78 is 0. The molecular formula is C22H17ClN2O3. The molecule has 0 atom stereocenters. The van der Waals surface area contributed by atoms with Crippen molar-refractivity contribution in [2.24, 2.45) is 0 Å². The van der Waals surface area contributed by atoms with Gasteiger partial charge in [-0.15, -0.1) is 0 Å². The quantitative estimate of drug-likeness (QED) is 0.597. The highest BCUT2D eigenvalue weighted by molar-refractivity contribution is 6.30. The molecule has 3 aromatic rings. The Balaban J connectivity index is 1.71. The maximum Gasteiger partial charge on any atom is 0.255 e. The van der Waals surface area contributed by atoms with Gasteiger partial charge in [0.15, 0.2) is 5.78 Å². The number of benzene rings is 3. The van der Waals surface area contributed by atoms with E-state index in [4.69, 9.17) is 11.6 Å². The molecule has 0 aliphatic heterocycles. The summed E-state index contributed by atoms with van der Waals surface area (Å²) >= 11 is 5.84. The van der Waals surface area contributed by atoms with Crippen molar-refractivity contribution >= 4 is 40.6 Å². The van der Waals surface area contributed by atoms with Gasteiger partial charge in [-0.05, 0) is 73.7 Å². The van der Waals surface area contributed by atoms with E-state index in [1.807, 2.05) is 0 Å². The number of amides is 2. The molecule has 3 rings (SSSR count). The highest BCUT2D eigenvalue weighted by atomic mass is 35.5. The smallest absolute Gasteiger partial charge is 0.255 e. The van der Waals surface area contributed by atoms with Crippen molar-refractivity contribution in [2.45, 2.75) is 6.92 Å². The van der Waals surface area contributed by atoms with Crippen molar-refractivity contribution in [1.82, 2.24) is 0 Å². The van der Waals surface area contributed by atoms with E-state index in [1.165, 1.54) is 13.0 Å². The van der Waals surface area contributed by atoms with Crippen LogP contribution in [0.2, 0.25) is 5.02 Å². The van der Waals surface area contributed by atoms with Crippen LogP contribution in [0.15, 0.2) is 72.8 Å². The fourth-order valence-corrected chi connectivity index (χ4v) is 2.66. The van der Waals surface area contributed by atoms with Crippen LogP contribution in [0, 0.1) is 0 Å². The normalized spacial score (nSPS) is 10.2. The van der Waals surface area contributed by atoms with Crippen LogP contribution < -0.4 is 10.6 Å². The monoisotopic (exact) mass is 392 g/mol. The standard InChI is InChI=1S/C22H17ClN2O3/c1-14(26)15-5-9-19(10-6-15)24-21(27)16-3-2-4-17(13-16)22(28)25-20-11-7-18(23)8-12-20/h2-13H,1H3,(H,24,27)(H,25,28). The molecule has 0 bridgehead atoms. The summed E-state index contributed by atoms with van der Waals surface area (Å²) in [7, 11) is 0.